The van der Waals surface area contributed by atoms with Gasteiger partial charge in [0.05, 0.1) is 0 Å². The summed E-state index contributed by atoms with van der Waals surface area (Å²) in [5.74, 6) is -0.808. The quantitative estimate of drug-likeness (QED) is 0.708. The molecular weight excluding hydrogens is 238 g/mol. The van der Waals surface area contributed by atoms with Crippen LogP contribution in [0.4, 0.5) is 0 Å². The van der Waals surface area contributed by atoms with Gasteiger partial charge in [-0.1, -0.05) is 62.4 Å². The lowest BCUT2D eigenvalue weighted by molar-refractivity contribution is -0.143. The van der Waals surface area contributed by atoms with Crippen LogP contribution >= 0.6 is 0 Å². The summed E-state index contributed by atoms with van der Waals surface area (Å²) in [4.78, 5) is 11.7. The van der Waals surface area contributed by atoms with Crippen molar-refractivity contribution < 1.29 is 9.90 Å². The normalized spacial score (nSPS) is 14.1. The van der Waals surface area contributed by atoms with Gasteiger partial charge in [0.15, 0.2) is 0 Å². The van der Waals surface area contributed by atoms with Crippen LogP contribution < -0.4 is 5.73 Å². The van der Waals surface area contributed by atoms with Crippen LogP contribution in [-0.4, -0.2) is 17.6 Å². The Morgan fingerprint density at radius 3 is 2.58 bits per heavy atom. The summed E-state index contributed by atoms with van der Waals surface area (Å²) in [5, 5.41) is 9.64. The third-order valence-corrected chi connectivity index (χ3v) is 3.79. The summed E-state index contributed by atoms with van der Waals surface area (Å²) in [6, 6.07) is 7.71. The molecule has 0 heterocycles. The minimum atomic E-state index is -0.931. The van der Waals surface area contributed by atoms with E-state index in [0.29, 0.717) is 6.42 Å². The topological polar surface area (TPSA) is 63.3 Å². The van der Waals surface area contributed by atoms with Crippen LogP contribution in [0.2, 0.25) is 0 Å². The second-order valence-electron chi connectivity index (χ2n) is 5.27. The highest BCUT2D eigenvalue weighted by Crippen LogP contribution is 2.30. The van der Waals surface area contributed by atoms with Crippen molar-refractivity contribution in [3.63, 3.8) is 0 Å². The second-order valence-corrected chi connectivity index (χ2v) is 5.27. The van der Waals surface area contributed by atoms with E-state index in [1.54, 1.807) is 0 Å². The number of nitrogens with two attached hydrogens (primary N) is 1. The van der Waals surface area contributed by atoms with Crippen molar-refractivity contribution in [1.82, 2.24) is 0 Å². The molecular formula is C16H25NO2. The molecule has 0 fully saturated rings. The van der Waals surface area contributed by atoms with E-state index in [1.807, 2.05) is 31.2 Å². The fourth-order valence-electron chi connectivity index (χ4n) is 2.48. The van der Waals surface area contributed by atoms with Gasteiger partial charge in [0, 0.05) is 6.54 Å². The Balaban J connectivity index is 2.95. The molecule has 0 bridgehead atoms. The average Bonchev–Trinajstić information content (AvgIpc) is 2.39. The van der Waals surface area contributed by atoms with Crippen LogP contribution in [0.1, 0.15) is 50.2 Å². The molecule has 1 unspecified atom stereocenters. The molecule has 0 radical (unpaired) electrons. The maximum atomic E-state index is 11.7. The number of hydrogen-bond acceptors (Lipinski definition) is 2. The SMILES string of the molecule is CCCCCCC(CN)(C(=O)O)c1cccc(C)c1. The zero-order valence-corrected chi connectivity index (χ0v) is 12.0. The number of carbonyl (C=O) groups is 1. The maximum Gasteiger partial charge on any atom is 0.315 e. The van der Waals surface area contributed by atoms with Crippen molar-refractivity contribution in [1.29, 1.82) is 0 Å². The Bertz CT molecular complexity index is 417. The third-order valence-electron chi connectivity index (χ3n) is 3.79. The van der Waals surface area contributed by atoms with E-state index in [1.165, 1.54) is 0 Å². The zero-order valence-electron chi connectivity index (χ0n) is 12.0. The lowest BCUT2D eigenvalue weighted by Gasteiger charge is -2.29. The standard InChI is InChI=1S/C16H25NO2/c1-3-4-5-6-10-16(12-17,15(18)19)14-9-7-8-13(2)11-14/h7-9,11H,3-6,10,12,17H2,1-2H3,(H,18,19). The average molecular weight is 263 g/mol. The van der Waals surface area contributed by atoms with Crippen LogP contribution in [0.15, 0.2) is 24.3 Å². The number of benzene rings is 1. The molecule has 1 aromatic carbocycles. The molecule has 0 aliphatic heterocycles. The third kappa shape index (κ3) is 3.80. The van der Waals surface area contributed by atoms with Crippen molar-refractivity contribution in [2.45, 2.75) is 51.4 Å². The number of unbranched alkanes of at least 4 members (excludes halogenated alkanes) is 3. The Morgan fingerprint density at radius 1 is 1.32 bits per heavy atom. The number of hydrogen-bond donors (Lipinski definition) is 2. The molecule has 0 amide bonds. The minimum absolute atomic E-state index is 0.151. The van der Waals surface area contributed by atoms with Crippen molar-refractivity contribution >= 4 is 5.97 Å². The summed E-state index contributed by atoms with van der Waals surface area (Å²) in [6.45, 7) is 4.27. The van der Waals surface area contributed by atoms with Crippen LogP contribution in [0, 0.1) is 6.92 Å². The fraction of sp³-hybridized carbons (Fsp3) is 0.562. The molecule has 0 aromatic heterocycles. The largest absolute Gasteiger partial charge is 0.481 e. The lowest BCUT2D eigenvalue weighted by atomic mass is 9.76. The molecule has 0 aliphatic rings. The second kappa shape index (κ2) is 7.29. The van der Waals surface area contributed by atoms with Gasteiger partial charge in [-0.25, -0.2) is 0 Å². The molecule has 0 aliphatic carbocycles. The van der Waals surface area contributed by atoms with Gasteiger partial charge in [0.2, 0.25) is 0 Å². The number of aryl methyl sites for hydroxylation is 1. The van der Waals surface area contributed by atoms with Crippen LogP contribution in [-0.2, 0) is 10.2 Å². The van der Waals surface area contributed by atoms with E-state index in [4.69, 9.17) is 5.73 Å². The van der Waals surface area contributed by atoms with Gasteiger partial charge in [-0.15, -0.1) is 0 Å². The van der Waals surface area contributed by atoms with Crippen molar-refractivity contribution in [2.24, 2.45) is 5.73 Å². The first-order chi connectivity index (χ1) is 9.06. The van der Waals surface area contributed by atoms with Crippen LogP contribution in [0.5, 0.6) is 0 Å². The first-order valence-electron chi connectivity index (χ1n) is 7.07. The predicted octanol–water partition coefficient (Wildman–Crippen LogP) is 3.25. The van der Waals surface area contributed by atoms with Gasteiger partial charge in [-0.2, -0.15) is 0 Å². The smallest absolute Gasteiger partial charge is 0.315 e. The van der Waals surface area contributed by atoms with E-state index >= 15 is 0 Å². The van der Waals surface area contributed by atoms with Crippen LogP contribution in [0.25, 0.3) is 0 Å². The molecule has 0 saturated heterocycles. The summed E-state index contributed by atoms with van der Waals surface area (Å²) < 4.78 is 0. The first-order valence-corrected chi connectivity index (χ1v) is 7.07. The Labute approximate surface area is 115 Å². The fourth-order valence-corrected chi connectivity index (χ4v) is 2.48. The Hall–Kier alpha value is -1.35. The van der Waals surface area contributed by atoms with Gasteiger partial charge in [0.25, 0.3) is 0 Å². The molecule has 1 aromatic rings. The number of aliphatic carboxylic acids is 1. The van der Waals surface area contributed by atoms with Gasteiger partial charge in [0.1, 0.15) is 5.41 Å². The minimum Gasteiger partial charge on any atom is -0.481 e. The highest BCUT2D eigenvalue weighted by molar-refractivity contribution is 5.81. The van der Waals surface area contributed by atoms with Gasteiger partial charge >= 0.3 is 5.97 Å². The van der Waals surface area contributed by atoms with Crippen molar-refractivity contribution in [3.8, 4) is 0 Å². The Kier molecular flexibility index (Phi) is 6.03. The van der Waals surface area contributed by atoms with E-state index in [0.717, 1.165) is 36.8 Å². The number of rotatable bonds is 8. The van der Waals surface area contributed by atoms with Gasteiger partial charge < -0.3 is 10.8 Å². The van der Waals surface area contributed by atoms with Gasteiger partial charge in [-0.3, -0.25) is 4.79 Å². The summed E-state index contributed by atoms with van der Waals surface area (Å²) in [6.07, 6.45) is 4.88. The van der Waals surface area contributed by atoms with Crippen molar-refractivity contribution in [3.05, 3.63) is 35.4 Å². The van der Waals surface area contributed by atoms with E-state index in [2.05, 4.69) is 6.92 Å². The summed E-state index contributed by atoms with van der Waals surface area (Å²) in [7, 11) is 0. The van der Waals surface area contributed by atoms with Crippen molar-refractivity contribution in [2.75, 3.05) is 6.54 Å². The Morgan fingerprint density at radius 2 is 2.05 bits per heavy atom. The highest BCUT2D eigenvalue weighted by Gasteiger charge is 2.38. The van der Waals surface area contributed by atoms with Gasteiger partial charge in [-0.05, 0) is 18.9 Å². The highest BCUT2D eigenvalue weighted by atomic mass is 16.4. The molecule has 1 atom stereocenters. The molecule has 106 valence electrons. The molecule has 3 nitrogen and oxygen atoms in total. The lowest BCUT2D eigenvalue weighted by Crippen LogP contribution is -2.43. The summed E-state index contributed by atoms with van der Waals surface area (Å²) >= 11 is 0. The van der Waals surface area contributed by atoms with E-state index in [-0.39, 0.29) is 6.54 Å². The predicted molar refractivity (Wildman–Crippen MR) is 78.3 cm³/mol. The molecule has 3 N–H and O–H groups in total. The van der Waals surface area contributed by atoms with E-state index in [9.17, 15) is 9.90 Å². The monoisotopic (exact) mass is 263 g/mol. The molecule has 19 heavy (non-hydrogen) atoms. The summed E-state index contributed by atoms with van der Waals surface area (Å²) in [5.41, 5.74) is 6.80. The molecule has 0 spiro atoms. The maximum absolute atomic E-state index is 11.7. The van der Waals surface area contributed by atoms with Crippen LogP contribution in [0.3, 0.4) is 0 Å². The zero-order chi connectivity index (χ0) is 14.3. The molecule has 3 heteroatoms. The number of carboxylic acid groups (broad SMARTS) is 1. The molecule has 0 saturated carbocycles. The first kappa shape index (κ1) is 15.7. The molecule has 1 rings (SSSR count). The number of carboxylic acids is 1. The van der Waals surface area contributed by atoms with E-state index < -0.39 is 11.4 Å².